The van der Waals surface area contributed by atoms with E-state index in [-0.39, 0.29) is 5.41 Å². The lowest BCUT2D eigenvalue weighted by atomic mass is 9.85. The monoisotopic (exact) mass is 606 g/mol. The quantitative estimate of drug-likeness (QED) is 0.160. The third kappa shape index (κ3) is 4.53. The lowest BCUT2D eigenvalue weighted by molar-refractivity contribution is -0.137. The van der Waals surface area contributed by atoms with Gasteiger partial charge in [-0.1, -0.05) is 75.1 Å². The SMILES string of the molecule is COC(=O)C1=C(C(=O)OC)C12c1ccccc1-c1ccc(C#Cc3ccc(-c4nnc(-c5ccc(C(C)(C)C)cc5)o4)cc3)cc12. The van der Waals surface area contributed by atoms with Crippen LogP contribution in [-0.2, 0) is 29.9 Å². The van der Waals surface area contributed by atoms with Crippen LogP contribution in [0.1, 0.15) is 48.6 Å². The highest BCUT2D eigenvalue weighted by Gasteiger charge is 2.66. The van der Waals surface area contributed by atoms with Crippen molar-refractivity contribution in [2.45, 2.75) is 31.6 Å². The normalized spacial score (nSPS) is 13.8. The number of carbonyl (C=O) groups excluding carboxylic acids is 2. The summed E-state index contributed by atoms with van der Waals surface area (Å²) in [4.78, 5) is 25.8. The molecule has 5 aromatic rings. The van der Waals surface area contributed by atoms with Crippen LogP contribution in [0.4, 0.5) is 0 Å². The van der Waals surface area contributed by atoms with E-state index in [1.54, 1.807) is 0 Å². The molecule has 7 heteroatoms. The summed E-state index contributed by atoms with van der Waals surface area (Å²) in [5.41, 5.74) is 7.67. The van der Waals surface area contributed by atoms with Crippen LogP contribution in [0.15, 0.2) is 107 Å². The maximum absolute atomic E-state index is 12.9. The van der Waals surface area contributed by atoms with Crippen molar-refractivity contribution in [1.29, 1.82) is 0 Å². The fourth-order valence-corrected chi connectivity index (χ4v) is 6.30. The summed E-state index contributed by atoms with van der Waals surface area (Å²) in [6.07, 6.45) is 0. The summed E-state index contributed by atoms with van der Waals surface area (Å²) in [6.45, 7) is 6.53. The molecule has 1 aromatic heterocycles. The standard InChI is InChI=1S/C39H30N2O5/c1-38(2,3)27-19-17-26(18-20-27)35-41-40-34(46-35)25-15-12-23(13-16-25)10-11-24-14-21-29-28-8-6-7-9-30(28)39(31(29)22-24)32(36(42)44-4)33(39)37(43)45-5/h6-9,12-22H,1-5H3. The van der Waals surface area contributed by atoms with Crippen LogP contribution >= 0.6 is 0 Å². The Morgan fingerprint density at radius 2 is 1.20 bits per heavy atom. The Bertz CT molecular complexity index is 2110. The van der Waals surface area contributed by atoms with Crippen molar-refractivity contribution in [2.24, 2.45) is 0 Å². The minimum Gasteiger partial charge on any atom is -0.466 e. The number of ether oxygens (including phenoxy) is 2. The van der Waals surface area contributed by atoms with E-state index >= 15 is 0 Å². The lowest BCUT2D eigenvalue weighted by Crippen LogP contribution is -2.19. The van der Waals surface area contributed by atoms with Gasteiger partial charge < -0.3 is 13.9 Å². The first-order valence-corrected chi connectivity index (χ1v) is 14.9. The van der Waals surface area contributed by atoms with Crippen LogP contribution in [0, 0.1) is 11.8 Å². The van der Waals surface area contributed by atoms with Gasteiger partial charge in [-0.3, -0.25) is 0 Å². The molecule has 1 spiro atoms. The summed E-state index contributed by atoms with van der Waals surface area (Å²) in [5, 5.41) is 8.50. The number of nitrogens with zero attached hydrogens (tertiary/aromatic N) is 2. The number of hydrogen-bond acceptors (Lipinski definition) is 7. The van der Waals surface area contributed by atoms with Crippen molar-refractivity contribution in [2.75, 3.05) is 14.2 Å². The molecule has 0 saturated carbocycles. The molecule has 0 unspecified atom stereocenters. The molecule has 0 atom stereocenters. The Labute approximate surface area is 266 Å². The van der Waals surface area contributed by atoms with Crippen molar-refractivity contribution in [3.8, 4) is 45.9 Å². The van der Waals surface area contributed by atoms with Gasteiger partial charge in [-0.05, 0) is 81.8 Å². The third-order valence-electron chi connectivity index (χ3n) is 8.67. The van der Waals surface area contributed by atoms with Gasteiger partial charge in [0.1, 0.15) is 0 Å². The van der Waals surface area contributed by atoms with Gasteiger partial charge in [0.25, 0.3) is 0 Å². The number of esters is 2. The summed E-state index contributed by atoms with van der Waals surface area (Å²) >= 11 is 0. The van der Waals surface area contributed by atoms with Gasteiger partial charge in [-0.25, -0.2) is 9.59 Å². The molecule has 0 N–H and O–H groups in total. The Morgan fingerprint density at radius 1 is 0.674 bits per heavy atom. The molecule has 0 bridgehead atoms. The molecular weight excluding hydrogens is 576 g/mol. The van der Waals surface area contributed by atoms with Crippen molar-refractivity contribution < 1.29 is 23.5 Å². The number of hydrogen-bond donors (Lipinski definition) is 0. The largest absolute Gasteiger partial charge is 0.466 e. The summed E-state index contributed by atoms with van der Waals surface area (Å²) in [6, 6.07) is 29.4. The Hall–Kier alpha value is -5.74. The highest BCUT2D eigenvalue weighted by Crippen LogP contribution is 2.66. The van der Waals surface area contributed by atoms with Gasteiger partial charge in [0.05, 0.1) is 30.8 Å². The zero-order valence-electron chi connectivity index (χ0n) is 26.1. The van der Waals surface area contributed by atoms with E-state index in [4.69, 9.17) is 13.9 Å². The van der Waals surface area contributed by atoms with E-state index in [1.807, 2.05) is 78.9 Å². The number of benzene rings is 4. The second-order valence-corrected chi connectivity index (χ2v) is 12.4. The molecule has 0 saturated heterocycles. The molecule has 1 heterocycles. The minimum absolute atomic E-state index is 0.0637. The predicted octanol–water partition coefficient (Wildman–Crippen LogP) is 7.02. The molecule has 0 aliphatic heterocycles. The highest BCUT2D eigenvalue weighted by molar-refractivity contribution is 6.18. The molecule has 4 aromatic carbocycles. The molecule has 0 amide bonds. The number of aromatic nitrogens is 2. The number of carbonyl (C=O) groups is 2. The van der Waals surface area contributed by atoms with Crippen molar-refractivity contribution >= 4 is 11.9 Å². The molecule has 7 nitrogen and oxygen atoms in total. The van der Waals surface area contributed by atoms with Crippen LogP contribution in [0.2, 0.25) is 0 Å². The number of fused-ring (bicyclic) bond motifs is 5. The van der Waals surface area contributed by atoms with Gasteiger partial charge in [-0.15, -0.1) is 10.2 Å². The van der Waals surface area contributed by atoms with Crippen LogP contribution in [0.25, 0.3) is 34.0 Å². The second kappa shape index (κ2) is 10.7. The van der Waals surface area contributed by atoms with Gasteiger partial charge >= 0.3 is 11.9 Å². The van der Waals surface area contributed by atoms with Crippen LogP contribution < -0.4 is 0 Å². The molecule has 2 aliphatic rings. The molecule has 7 rings (SSSR count). The Morgan fingerprint density at radius 3 is 1.78 bits per heavy atom. The molecule has 46 heavy (non-hydrogen) atoms. The fraction of sp³-hybridized carbons (Fsp3) is 0.179. The first-order chi connectivity index (χ1) is 22.2. The highest BCUT2D eigenvalue weighted by atomic mass is 16.5. The van der Waals surface area contributed by atoms with Crippen molar-refractivity contribution in [3.05, 3.63) is 130 Å². The number of methoxy groups -OCH3 is 2. The van der Waals surface area contributed by atoms with Gasteiger partial charge in [0.2, 0.25) is 11.8 Å². The Kier molecular flexibility index (Phi) is 6.75. The van der Waals surface area contributed by atoms with E-state index < -0.39 is 17.4 Å². The first-order valence-electron chi connectivity index (χ1n) is 14.9. The summed E-state index contributed by atoms with van der Waals surface area (Å²) in [7, 11) is 2.63. The van der Waals surface area contributed by atoms with E-state index in [2.05, 4.69) is 54.9 Å². The number of rotatable bonds is 4. The van der Waals surface area contributed by atoms with Gasteiger partial charge in [-0.2, -0.15) is 0 Å². The Balaban J connectivity index is 1.16. The average molecular weight is 607 g/mol. The van der Waals surface area contributed by atoms with Crippen LogP contribution in [-0.4, -0.2) is 36.4 Å². The fourth-order valence-electron chi connectivity index (χ4n) is 6.30. The van der Waals surface area contributed by atoms with E-state index in [0.29, 0.717) is 22.9 Å². The average Bonchev–Trinajstić information content (AvgIpc) is 3.37. The molecule has 0 radical (unpaired) electrons. The van der Waals surface area contributed by atoms with Gasteiger partial charge in [0, 0.05) is 22.3 Å². The summed E-state index contributed by atoms with van der Waals surface area (Å²) < 4.78 is 16.2. The third-order valence-corrected chi connectivity index (χ3v) is 8.67. The van der Waals surface area contributed by atoms with E-state index in [0.717, 1.165) is 44.5 Å². The van der Waals surface area contributed by atoms with E-state index in [9.17, 15) is 9.59 Å². The van der Waals surface area contributed by atoms with Crippen molar-refractivity contribution in [1.82, 2.24) is 10.2 Å². The van der Waals surface area contributed by atoms with Crippen LogP contribution in [0.5, 0.6) is 0 Å². The maximum Gasteiger partial charge on any atom is 0.335 e. The molecule has 226 valence electrons. The predicted molar refractivity (Wildman–Crippen MR) is 174 cm³/mol. The molecule has 2 aliphatic carbocycles. The van der Waals surface area contributed by atoms with E-state index in [1.165, 1.54) is 19.8 Å². The smallest absolute Gasteiger partial charge is 0.335 e. The zero-order chi connectivity index (χ0) is 32.2. The van der Waals surface area contributed by atoms with Gasteiger partial charge in [0.15, 0.2) is 0 Å². The maximum atomic E-state index is 12.9. The second-order valence-electron chi connectivity index (χ2n) is 12.4. The lowest BCUT2D eigenvalue weighted by Gasteiger charge is -2.18. The van der Waals surface area contributed by atoms with Crippen LogP contribution in [0.3, 0.4) is 0 Å². The minimum atomic E-state index is -1.01. The topological polar surface area (TPSA) is 91.5 Å². The summed E-state index contributed by atoms with van der Waals surface area (Å²) in [5.74, 6) is 6.27. The molecule has 0 fully saturated rings. The van der Waals surface area contributed by atoms with Crippen molar-refractivity contribution in [3.63, 3.8) is 0 Å². The first kappa shape index (κ1) is 29.0. The zero-order valence-corrected chi connectivity index (χ0v) is 26.1. The molecular formula is C39H30N2O5.